The van der Waals surface area contributed by atoms with Gasteiger partial charge in [0.1, 0.15) is 5.82 Å². The minimum atomic E-state index is -0.183. The van der Waals surface area contributed by atoms with E-state index >= 15 is 0 Å². The van der Waals surface area contributed by atoms with Gasteiger partial charge in [-0.05, 0) is 90.5 Å². The van der Waals surface area contributed by atoms with Crippen LogP contribution >= 0.6 is 15.9 Å². The van der Waals surface area contributed by atoms with Gasteiger partial charge in [0, 0.05) is 6.04 Å². The van der Waals surface area contributed by atoms with Crippen molar-refractivity contribution in [1.82, 2.24) is 5.32 Å². The van der Waals surface area contributed by atoms with E-state index in [2.05, 4.69) is 42.1 Å². The summed E-state index contributed by atoms with van der Waals surface area (Å²) in [6.07, 6.45) is 6.32. The molecular formula is C18H27BrFN. The Bertz CT molecular complexity index is 453. The molecule has 1 saturated carbocycles. The average Bonchev–Trinajstić information content (AvgIpc) is 2.48. The number of rotatable bonds is 5. The molecular weight excluding hydrogens is 329 g/mol. The Morgan fingerprint density at radius 2 is 1.81 bits per heavy atom. The molecule has 0 bridgehead atoms. The third kappa shape index (κ3) is 4.53. The summed E-state index contributed by atoms with van der Waals surface area (Å²) < 4.78 is 13.9. The lowest BCUT2D eigenvalue weighted by atomic mass is 9.73. The van der Waals surface area contributed by atoms with E-state index in [1.807, 2.05) is 12.1 Å². The topological polar surface area (TPSA) is 12.0 Å². The second-order valence-electron chi connectivity index (χ2n) is 6.77. The highest BCUT2D eigenvalue weighted by Gasteiger charge is 2.28. The van der Waals surface area contributed by atoms with Crippen molar-refractivity contribution < 1.29 is 4.39 Å². The lowest BCUT2D eigenvalue weighted by Gasteiger charge is -2.35. The number of hydrogen-bond donors (Lipinski definition) is 1. The van der Waals surface area contributed by atoms with Crippen LogP contribution in [0.4, 0.5) is 4.39 Å². The highest BCUT2D eigenvalue weighted by Crippen LogP contribution is 2.35. The average molecular weight is 356 g/mol. The molecule has 3 heteroatoms. The summed E-state index contributed by atoms with van der Waals surface area (Å²) in [5, 5.41) is 3.49. The van der Waals surface area contributed by atoms with Crippen molar-refractivity contribution in [2.24, 2.45) is 17.8 Å². The lowest BCUT2D eigenvalue weighted by Crippen LogP contribution is -2.38. The van der Waals surface area contributed by atoms with E-state index in [1.165, 1.54) is 31.2 Å². The zero-order valence-electron chi connectivity index (χ0n) is 13.3. The van der Waals surface area contributed by atoms with Crippen LogP contribution in [0.2, 0.25) is 0 Å². The predicted octanol–water partition coefficient (Wildman–Crippen LogP) is 5.18. The van der Waals surface area contributed by atoms with Crippen LogP contribution in [-0.4, -0.2) is 13.1 Å². The van der Waals surface area contributed by atoms with E-state index < -0.39 is 0 Å². The molecule has 1 N–H and O–H groups in total. The quantitative estimate of drug-likeness (QED) is 0.766. The van der Waals surface area contributed by atoms with Gasteiger partial charge < -0.3 is 5.32 Å². The van der Waals surface area contributed by atoms with E-state index in [0.29, 0.717) is 10.5 Å². The van der Waals surface area contributed by atoms with Crippen LogP contribution in [-0.2, 0) is 6.42 Å². The smallest absolute Gasteiger partial charge is 0.137 e. The minimum absolute atomic E-state index is 0.183. The van der Waals surface area contributed by atoms with Gasteiger partial charge >= 0.3 is 0 Å². The van der Waals surface area contributed by atoms with Crippen molar-refractivity contribution in [2.75, 3.05) is 7.05 Å². The van der Waals surface area contributed by atoms with Crippen LogP contribution in [0, 0.1) is 23.6 Å². The maximum atomic E-state index is 13.3. The Labute approximate surface area is 136 Å². The fraction of sp³-hybridized carbons (Fsp3) is 0.667. The summed E-state index contributed by atoms with van der Waals surface area (Å²) in [5.74, 6) is 2.27. The lowest BCUT2D eigenvalue weighted by molar-refractivity contribution is 0.191. The van der Waals surface area contributed by atoms with Crippen LogP contribution < -0.4 is 5.32 Å². The van der Waals surface area contributed by atoms with Crippen LogP contribution in [0.25, 0.3) is 0 Å². The first-order valence-electron chi connectivity index (χ1n) is 8.12. The maximum Gasteiger partial charge on any atom is 0.137 e. The summed E-state index contributed by atoms with van der Waals surface area (Å²) in [7, 11) is 2.05. The number of halogens is 2. The molecule has 0 spiro atoms. The van der Waals surface area contributed by atoms with Crippen LogP contribution in [0.1, 0.15) is 45.1 Å². The molecule has 1 aliphatic carbocycles. The number of nitrogens with one attached hydrogen (secondary N) is 1. The fourth-order valence-corrected chi connectivity index (χ4v) is 4.07. The molecule has 0 heterocycles. The minimum Gasteiger partial charge on any atom is -0.316 e. The van der Waals surface area contributed by atoms with Crippen molar-refractivity contribution in [3.8, 4) is 0 Å². The first-order chi connectivity index (χ1) is 10.0. The predicted molar refractivity (Wildman–Crippen MR) is 90.9 cm³/mol. The Morgan fingerprint density at radius 1 is 1.19 bits per heavy atom. The van der Waals surface area contributed by atoms with Gasteiger partial charge in [-0.3, -0.25) is 0 Å². The Hall–Kier alpha value is -0.410. The van der Waals surface area contributed by atoms with E-state index in [9.17, 15) is 4.39 Å². The van der Waals surface area contributed by atoms with Crippen molar-refractivity contribution in [2.45, 2.75) is 52.0 Å². The molecule has 1 atom stereocenters. The van der Waals surface area contributed by atoms with Crippen molar-refractivity contribution in [1.29, 1.82) is 0 Å². The molecule has 0 aliphatic heterocycles. The first-order valence-corrected chi connectivity index (χ1v) is 8.91. The van der Waals surface area contributed by atoms with Gasteiger partial charge in [0.05, 0.1) is 4.47 Å². The molecule has 1 aromatic rings. The van der Waals surface area contributed by atoms with Crippen molar-refractivity contribution in [3.05, 3.63) is 34.1 Å². The van der Waals surface area contributed by atoms with Gasteiger partial charge in [-0.25, -0.2) is 4.39 Å². The second kappa shape index (κ2) is 7.73. The van der Waals surface area contributed by atoms with E-state index in [4.69, 9.17) is 0 Å². The Kier molecular flexibility index (Phi) is 6.24. The third-order valence-electron chi connectivity index (χ3n) is 5.14. The Balaban J connectivity index is 1.95. The zero-order chi connectivity index (χ0) is 15.4. The van der Waals surface area contributed by atoms with E-state index in [1.54, 1.807) is 6.07 Å². The van der Waals surface area contributed by atoms with Gasteiger partial charge in [0.25, 0.3) is 0 Å². The molecule has 1 nitrogen and oxygen atoms in total. The fourth-order valence-electron chi connectivity index (χ4n) is 3.64. The van der Waals surface area contributed by atoms with Crippen molar-refractivity contribution >= 4 is 15.9 Å². The van der Waals surface area contributed by atoms with Crippen LogP contribution in [0.3, 0.4) is 0 Å². The summed E-state index contributed by atoms with van der Waals surface area (Å²) in [5.41, 5.74) is 1.20. The highest BCUT2D eigenvalue weighted by molar-refractivity contribution is 9.10. The van der Waals surface area contributed by atoms with Gasteiger partial charge in [0.2, 0.25) is 0 Å². The summed E-state index contributed by atoms with van der Waals surface area (Å²) >= 11 is 3.28. The number of likely N-dealkylation sites (N-methyl/N-ethyl adjacent to an activating group) is 1. The maximum absolute atomic E-state index is 13.3. The standard InChI is InChI=1S/C18H27BrFN/c1-12(2)14-5-7-15(8-6-14)18(21-3)11-13-4-9-17(20)16(19)10-13/h4,9-10,12,14-15,18,21H,5-8,11H2,1-3H3. The molecule has 1 fully saturated rings. The monoisotopic (exact) mass is 355 g/mol. The largest absolute Gasteiger partial charge is 0.316 e. The van der Waals surface area contributed by atoms with E-state index in [0.717, 1.165) is 24.2 Å². The highest BCUT2D eigenvalue weighted by atomic mass is 79.9. The van der Waals surface area contributed by atoms with Gasteiger partial charge in [-0.1, -0.05) is 19.9 Å². The zero-order valence-corrected chi connectivity index (χ0v) is 14.9. The SMILES string of the molecule is CNC(Cc1ccc(F)c(Br)c1)C1CCC(C(C)C)CC1. The normalized spacial score (nSPS) is 24.3. The van der Waals surface area contributed by atoms with Crippen LogP contribution in [0.5, 0.6) is 0 Å². The molecule has 1 unspecified atom stereocenters. The molecule has 0 saturated heterocycles. The molecule has 21 heavy (non-hydrogen) atoms. The third-order valence-corrected chi connectivity index (χ3v) is 5.75. The number of benzene rings is 1. The van der Waals surface area contributed by atoms with Crippen LogP contribution in [0.15, 0.2) is 22.7 Å². The van der Waals surface area contributed by atoms with Gasteiger partial charge in [0.15, 0.2) is 0 Å². The Morgan fingerprint density at radius 3 is 2.33 bits per heavy atom. The molecule has 0 radical (unpaired) electrons. The molecule has 0 amide bonds. The second-order valence-corrected chi connectivity index (χ2v) is 7.62. The summed E-state index contributed by atoms with van der Waals surface area (Å²) in [4.78, 5) is 0. The molecule has 1 aliphatic rings. The van der Waals surface area contributed by atoms with Crippen molar-refractivity contribution in [3.63, 3.8) is 0 Å². The molecule has 2 rings (SSSR count). The number of hydrogen-bond acceptors (Lipinski definition) is 1. The molecule has 1 aromatic carbocycles. The van der Waals surface area contributed by atoms with Gasteiger partial charge in [-0.2, -0.15) is 0 Å². The molecule has 0 aromatic heterocycles. The summed E-state index contributed by atoms with van der Waals surface area (Å²) in [6, 6.07) is 5.88. The first kappa shape index (κ1) is 17.0. The van der Waals surface area contributed by atoms with E-state index in [-0.39, 0.29) is 5.82 Å². The summed E-state index contributed by atoms with van der Waals surface area (Å²) in [6.45, 7) is 4.69. The van der Waals surface area contributed by atoms with Gasteiger partial charge in [-0.15, -0.1) is 0 Å². The molecule has 118 valence electrons.